The summed E-state index contributed by atoms with van der Waals surface area (Å²) < 4.78 is 65.8. The van der Waals surface area contributed by atoms with Gasteiger partial charge in [-0.1, -0.05) is 18.7 Å². The molecule has 0 spiro atoms. The van der Waals surface area contributed by atoms with E-state index in [1.165, 1.54) is 37.3 Å². The number of aromatic nitrogens is 1. The summed E-state index contributed by atoms with van der Waals surface area (Å²) in [7, 11) is -4.02. The van der Waals surface area contributed by atoms with Gasteiger partial charge in [0.25, 0.3) is 21.9 Å². The average Bonchev–Trinajstić information content (AvgIpc) is 2.68. The zero-order valence-corrected chi connectivity index (χ0v) is 17.0. The van der Waals surface area contributed by atoms with E-state index in [4.69, 9.17) is 0 Å². The number of aryl methyl sites for hydroxylation is 1. The van der Waals surface area contributed by atoms with Gasteiger partial charge in [0.05, 0.1) is 11.3 Å². The molecule has 0 unspecified atom stereocenters. The Hall–Kier alpha value is -2.88. The number of hydrogen-bond acceptors (Lipinski definition) is 5. The molecule has 0 radical (unpaired) electrons. The molecule has 0 bridgehead atoms. The Morgan fingerprint density at radius 3 is 2.40 bits per heavy atom. The van der Waals surface area contributed by atoms with Crippen LogP contribution in [0, 0.1) is 12.7 Å². The molecule has 0 saturated carbocycles. The van der Waals surface area contributed by atoms with Crippen LogP contribution in [0.4, 0.5) is 19.0 Å². The molecule has 2 aromatic rings. The van der Waals surface area contributed by atoms with Crippen LogP contribution in [0.1, 0.15) is 28.9 Å². The standard InChI is InChI=1S/C20H20F3N3O3S/c1-3-30(28,29)25-19(27)16-12-17(14-4-6-15(21)7-5-14)18(24-13(16)2)26-10-8-20(22,23)9-11-26/h3-7,12H,1,8-11H2,2H3,(H,25,27). The minimum absolute atomic E-state index is 0.00848. The van der Waals surface area contributed by atoms with Crippen molar-refractivity contribution in [2.45, 2.75) is 25.7 Å². The topological polar surface area (TPSA) is 79.4 Å². The van der Waals surface area contributed by atoms with Crippen LogP contribution < -0.4 is 9.62 Å². The molecule has 1 N–H and O–H groups in total. The van der Waals surface area contributed by atoms with E-state index in [1.54, 1.807) is 4.90 Å². The van der Waals surface area contributed by atoms with E-state index in [2.05, 4.69) is 11.6 Å². The molecule has 1 aromatic heterocycles. The first kappa shape index (κ1) is 21.8. The average molecular weight is 439 g/mol. The fraction of sp³-hybridized carbons (Fsp3) is 0.300. The zero-order chi connectivity index (χ0) is 22.1. The maximum absolute atomic E-state index is 13.6. The van der Waals surface area contributed by atoms with Crippen molar-refractivity contribution in [2.24, 2.45) is 0 Å². The van der Waals surface area contributed by atoms with Crippen LogP contribution in [0.2, 0.25) is 0 Å². The second-order valence-corrected chi connectivity index (χ2v) is 8.61. The summed E-state index contributed by atoms with van der Waals surface area (Å²) in [5, 5.41) is 0.608. The number of benzene rings is 1. The summed E-state index contributed by atoms with van der Waals surface area (Å²) in [5.74, 6) is -3.74. The van der Waals surface area contributed by atoms with Gasteiger partial charge in [-0.3, -0.25) is 4.79 Å². The molecule has 1 amide bonds. The molecule has 1 aliphatic heterocycles. The fourth-order valence-electron chi connectivity index (χ4n) is 3.18. The quantitative estimate of drug-likeness (QED) is 0.770. The van der Waals surface area contributed by atoms with Crippen molar-refractivity contribution in [3.05, 3.63) is 59.4 Å². The van der Waals surface area contributed by atoms with Gasteiger partial charge in [0, 0.05) is 36.9 Å². The van der Waals surface area contributed by atoms with Crippen LogP contribution in [-0.4, -0.2) is 38.3 Å². The highest BCUT2D eigenvalue weighted by atomic mass is 32.2. The van der Waals surface area contributed by atoms with Crippen LogP contribution in [-0.2, 0) is 10.0 Å². The normalized spacial score (nSPS) is 16.2. The van der Waals surface area contributed by atoms with Crippen LogP contribution in [0.3, 0.4) is 0 Å². The number of alkyl halides is 2. The number of anilines is 1. The van der Waals surface area contributed by atoms with Gasteiger partial charge in [-0.05, 0) is 30.7 Å². The van der Waals surface area contributed by atoms with Gasteiger partial charge in [0.15, 0.2) is 0 Å². The summed E-state index contributed by atoms with van der Waals surface area (Å²) in [4.78, 5) is 18.6. The summed E-state index contributed by atoms with van der Waals surface area (Å²) in [6.07, 6.45) is -0.674. The Labute approximate surface area is 172 Å². The number of halogens is 3. The van der Waals surface area contributed by atoms with E-state index in [1.807, 2.05) is 4.72 Å². The minimum atomic E-state index is -4.02. The second-order valence-electron chi connectivity index (χ2n) is 6.99. The molecule has 0 atom stereocenters. The van der Waals surface area contributed by atoms with E-state index in [-0.39, 0.29) is 37.2 Å². The number of carbonyl (C=O) groups excluding carboxylic acids is 1. The highest BCUT2D eigenvalue weighted by Crippen LogP contribution is 2.36. The number of piperidine rings is 1. The molecule has 0 aliphatic carbocycles. The molecule has 1 saturated heterocycles. The molecular weight excluding hydrogens is 419 g/mol. The van der Waals surface area contributed by atoms with Crippen molar-refractivity contribution in [3.8, 4) is 11.1 Å². The first-order valence-corrected chi connectivity index (χ1v) is 10.7. The third-order valence-corrected chi connectivity index (χ3v) is 5.75. The molecule has 2 heterocycles. The van der Waals surface area contributed by atoms with Crippen molar-refractivity contribution in [2.75, 3.05) is 18.0 Å². The molecule has 1 aliphatic rings. The van der Waals surface area contributed by atoms with Gasteiger partial charge >= 0.3 is 0 Å². The van der Waals surface area contributed by atoms with Gasteiger partial charge in [0.2, 0.25) is 0 Å². The van der Waals surface area contributed by atoms with Crippen molar-refractivity contribution in [1.29, 1.82) is 0 Å². The number of amides is 1. The molecular formula is C20H20F3N3O3S. The minimum Gasteiger partial charge on any atom is -0.356 e. The van der Waals surface area contributed by atoms with Crippen LogP contribution in [0.25, 0.3) is 11.1 Å². The van der Waals surface area contributed by atoms with Gasteiger partial charge in [-0.15, -0.1) is 0 Å². The lowest BCUT2D eigenvalue weighted by molar-refractivity contribution is -0.0221. The SMILES string of the molecule is C=CS(=O)(=O)NC(=O)c1cc(-c2ccc(F)cc2)c(N2CCC(F)(F)CC2)nc1C. The maximum Gasteiger partial charge on any atom is 0.266 e. The van der Waals surface area contributed by atoms with Gasteiger partial charge in [0.1, 0.15) is 11.6 Å². The lowest BCUT2D eigenvalue weighted by Crippen LogP contribution is -2.40. The number of nitrogens with one attached hydrogen (secondary N) is 1. The maximum atomic E-state index is 13.6. The second kappa shape index (κ2) is 8.10. The fourth-order valence-corrected chi connectivity index (χ4v) is 3.63. The predicted molar refractivity (Wildman–Crippen MR) is 107 cm³/mol. The van der Waals surface area contributed by atoms with E-state index in [9.17, 15) is 26.4 Å². The molecule has 6 nitrogen and oxygen atoms in total. The van der Waals surface area contributed by atoms with E-state index >= 15 is 0 Å². The van der Waals surface area contributed by atoms with Crippen molar-refractivity contribution >= 4 is 21.7 Å². The zero-order valence-electron chi connectivity index (χ0n) is 16.2. The van der Waals surface area contributed by atoms with Gasteiger partial charge < -0.3 is 4.90 Å². The molecule has 30 heavy (non-hydrogen) atoms. The van der Waals surface area contributed by atoms with Gasteiger partial charge in [-0.2, -0.15) is 0 Å². The first-order chi connectivity index (χ1) is 14.0. The molecule has 160 valence electrons. The van der Waals surface area contributed by atoms with Crippen molar-refractivity contribution < 1.29 is 26.4 Å². The van der Waals surface area contributed by atoms with Crippen molar-refractivity contribution in [3.63, 3.8) is 0 Å². The number of carbonyl (C=O) groups is 1. The Bertz CT molecular complexity index is 1080. The lowest BCUT2D eigenvalue weighted by atomic mass is 10.00. The summed E-state index contributed by atoms with van der Waals surface area (Å²) >= 11 is 0. The molecule has 1 aromatic carbocycles. The number of pyridine rings is 1. The summed E-state index contributed by atoms with van der Waals surface area (Å²) in [6.45, 7) is 4.78. The van der Waals surface area contributed by atoms with Crippen LogP contribution >= 0.6 is 0 Å². The first-order valence-electron chi connectivity index (χ1n) is 9.11. The van der Waals surface area contributed by atoms with Crippen LogP contribution in [0.15, 0.2) is 42.3 Å². The summed E-state index contributed by atoms with van der Waals surface area (Å²) in [5.41, 5.74) is 1.14. The molecule has 10 heteroatoms. The van der Waals surface area contributed by atoms with E-state index < -0.39 is 27.7 Å². The van der Waals surface area contributed by atoms with Gasteiger partial charge in [-0.25, -0.2) is 31.3 Å². The number of sulfonamides is 1. The Balaban J connectivity index is 2.08. The molecule has 1 fully saturated rings. The third-order valence-electron chi connectivity index (χ3n) is 4.84. The predicted octanol–water partition coefficient (Wildman–Crippen LogP) is 3.63. The Morgan fingerprint density at radius 2 is 1.83 bits per heavy atom. The number of rotatable bonds is 5. The highest BCUT2D eigenvalue weighted by molar-refractivity contribution is 7.92. The Kier molecular flexibility index (Phi) is 5.89. The van der Waals surface area contributed by atoms with Crippen LogP contribution in [0.5, 0.6) is 0 Å². The smallest absolute Gasteiger partial charge is 0.266 e. The van der Waals surface area contributed by atoms with E-state index in [0.29, 0.717) is 22.4 Å². The third kappa shape index (κ3) is 4.81. The summed E-state index contributed by atoms with van der Waals surface area (Å²) in [6, 6.07) is 6.85. The number of nitrogens with zero attached hydrogens (tertiary/aromatic N) is 2. The number of hydrogen-bond donors (Lipinski definition) is 1. The largest absolute Gasteiger partial charge is 0.356 e. The van der Waals surface area contributed by atoms with Crippen molar-refractivity contribution in [1.82, 2.24) is 9.71 Å². The Morgan fingerprint density at radius 1 is 1.23 bits per heavy atom. The molecule has 3 rings (SSSR count). The van der Waals surface area contributed by atoms with E-state index in [0.717, 1.165) is 0 Å². The lowest BCUT2D eigenvalue weighted by Gasteiger charge is -2.34. The highest BCUT2D eigenvalue weighted by Gasteiger charge is 2.35. The monoisotopic (exact) mass is 439 g/mol.